The Labute approximate surface area is 73.7 Å². The SMILES string of the molecule is COc1ncc([N+](=O)[O-])c(CN)n1. The Balaban J connectivity index is 3.15. The van der Waals surface area contributed by atoms with E-state index in [1.54, 1.807) is 0 Å². The van der Waals surface area contributed by atoms with E-state index in [0.717, 1.165) is 6.20 Å². The fourth-order valence-corrected chi connectivity index (χ4v) is 0.794. The normalized spacial score (nSPS) is 9.69. The lowest BCUT2D eigenvalue weighted by Gasteiger charge is -2.00. The lowest BCUT2D eigenvalue weighted by atomic mass is 10.3. The van der Waals surface area contributed by atoms with Crippen molar-refractivity contribution in [2.75, 3.05) is 7.11 Å². The maximum absolute atomic E-state index is 10.4. The number of nitro groups is 1. The summed E-state index contributed by atoms with van der Waals surface area (Å²) in [7, 11) is 1.38. The van der Waals surface area contributed by atoms with Gasteiger partial charge in [-0.1, -0.05) is 0 Å². The quantitative estimate of drug-likeness (QED) is 0.517. The highest BCUT2D eigenvalue weighted by atomic mass is 16.6. The maximum Gasteiger partial charge on any atom is 0.316 e. The van der Waals surface area contributed by atoms with Crippen molar-refractivity contribution in [1.82, 2.24) is 9.97 Å². The van der Waals surface area contributed by atoms with Crippen LogP contribution in [0, 0.1) is 10.1 Å². The van der Waals surface area contributed by atoms with Gasteiger partial charge >= 0.3 is 11.7 Å². The van der Waals surface area contributed by atoms with Gasteiger partial charge in [-0.15, -0.1) is 0 Å². The topological polar surface area (TPSA) is 104 Å². The van der Waals surface area contributed by atoms with Gasteiger partial charge in [0.2, 0.25) is 0 Å². The van der Waals surface area contributed by atoms with Gasteiger partial charge in [-0.3, -0.25) is 10.1 Å². The Morgan fingerprint density at radius 2 is 2.46 bits per heavy atom. The van der Waals surface area contributed by atoms with Crippen LogP contribution in [-0.2, 0) is 6.54 Å². The molecular formula is C6H8N4O3. The molecule has 0 fully saturated rings. The minimum absolute atomic E-state index is 0.0187. The third-order valence-corrected chi connectivity index (χ3v) is 1.40. The summed E-state index contributed by atoms with van der Waals surface area (Å²) < 4.78 is 4.69. The van der Waals surface area contributed by atoms with Crippen LogP contribution >= 0.6 is 0 Å². The molecule has 1 aromatic heterocycles. The summed E-state index contributed by atoms with van der Waals surface area (Å²) in [5, 5.41) is 10.4. The van der Waals surface area contributed by atoms with Gasteiger partial charge in [-0.05, 0) is 0 Å². The largest absolute Gasteiger partial charge is 0.467 e. The molecule has 0 aromatic carbocycles. The van der Waals surface area contributed by atoms with E-state index >= 15 is 0 Å². The lowest BCUT2D eigenvalue weighted by Crippen LogP contribution is -2.06. The second-order valence-electron chi connectivity index (χ2n) is 2.15. The molecule has 7 heteroatoms. The van der Waals surface area contributed by atoms with Gasteiger partial charge in [-0.25, -0.2) is 0 Å². The van der Waals surface area contributed by atoms with E-state index in [2.05, 4.69) is 9.97 Å². The second kappa shape index (κ2) is 3.76. The number of hydrogen-bond donors (Lipinski definition) is 1. The zero-order valence-electron chi connectivity index (χ0n) is 6.93. The molecule has 1 heterocycles. The Hall–Kier alpha value is -1.76. The van der Waals surface area contributed by atoms with Crippen molar-refractivity contribution in [3.63, 3.8) is 0 Å². The third kappa shape index (κ3) is 1.88. The van der Waals surface area contributed by atoms with E-state index in [4.69, 9.17) is 10.5 Å². The minimum atomic E-state index is -0.582. The molecule has 1 rings (SSSR count). The van der Waals surface area contributed by atoms with Crippen molar-refractivity contribution in [1.29, 1.82) is 0 Å². The van der Waals surface area contributed by atoms with Crippen LogP contribution in [0.15, 0.2) is 6.20 Å². The summed E-state index contributed by atoms with van der Waals surface area (Å²) in [5.41, 5.74) is 5.23. The average Bonchev–Trinajstić information content (AvgIpc) is 2.16. The Kier molecular flexibility index (Phi) is 2.70. The molecular weight excluding hydrogens is 176 g/mol. The zero-order valence-corrected chi connectivity index (χ0v) is 6.93. The molecule has 0 aliphatic rings. The minimum Gasteiger partial charge on any atom is -0.467 e. The highest BCUT2D eigenvalue weighted by molar-refractivity contribution is 5.32. The van der Waals surface area contributed by atoms with Crippen LogP contribution in [0.1, 0.15) is 5.69 Å². The van der Waals surface area contributed by atoms with Crippen molar-refractivity contribution < 1.29 is 9.66 Å². The van der Waals surface area contributed by atoms with Crippen LogP contribution in [0.5, 0.6) is 6.01 Å². The zero-order chi connectivity index (χ0) is 9.84. The second-order valence-corrected chi connectivity index (χ2v) is 2.15. The van der Waals surface area contributed by atoms with Gasteiger partial charge in [0, 0.05) is 6.54 Å². The molecule has 0 unspecified atom stereocenters. The Morgan fingerprint density at radius 3 is 2.92 bits per heavy atom. The molecule has 0 radical (unpaired) electrons. The molecule has 0 amide bonds. The van der Waals surface area contributed by atoms with Gasteiger partial charge in [0.15, 0.2) is 0 Å². The number of aromatic nitrogens is 2. The highest BCUT2D eigenvalue weighted by Crippen LogP contribution is 2.16. The average molecular weight is 184 g/mol. The van der Waals surface area contributed by atoms with Gasteiger partial charge < -0.3 is 10.5 Å². The van der Waals surface area contributed by atoms with Crippen LogP contribution in [0.2, 0.25) is 0 Å². The first-order valence-corrected chi connectivity index (χ1v) is 3.43. The highest BCUT2D eigenvalue weighted by Gasteiger charge is 2.15. The van der Waals surface area contributed by atoms with Crippen molar-refractivity contribution in [3.05, 3.63) is 22.0 Å². The van der Waals surface area contributed by atoms with Crippen molar-refractivity contribution in [2.24, 2.45) is 5.73 Å². The first-order valence-electron chi connectivity index (χ1n) is 3.43. The molecule has 1 aromatic rings. The maximum atomic E-state index is 10.4. The molecule has 0 saturated heterocycles. The Bertz CT molecular complexity index is 328. The summed E-state index contributed by atoms with van der Waals surface area (Å²) in [5.74, 6) is 0. The monoisotopic (exact) mass is 184 g/mol. The van der Waals surface area contributed by atoms with E-state index in [-0.39, 0.29) is 23.9 Å². The molecule has 0 aliphatic heterocycles. The smallest absolute Gasteiger partial charge is 0.316 e. The summed E-state index contributed by atoms with van der Waals surface area (Å²) in [4.78, 5) is 17.2. The van der Waals surface area contributed by atoms with Crippen LogP contribution in [0.3, 0.4) is 0 Å². The molecule has 0 spiro atoms. The lowest BCUT2D eigenvalue weighted by molar-refractivity contribution is -0.386. The molecule has 70 valence electrons. The van der Waals surface area contributed by atoms with E-state index in [1.165, 1.54) is 7.11 Å². The number of nitrogens with zero attached hydrogens (tertiary/aromatic N) is 3. The fourth-order valence-electron chi connectivity index (χ4n) is 0.794. The standard InChI is InChI=1S/C6H8N4O3/c1-13-6-8-3-5(10(11)12)4(2-7)9-6/h3H,2,7H2,1H3. The number of nitrogens with two attached hydrogens (primary N) is 1. The van der Waals surface area contributed by atoms with E-state index in [0.29, 0.717) is 0 Å². The van der Waals surface area contributed by atoms with Gasteiger partial charge in [0.05, 0.1) is 12.0 Å². The first kappa shape index (κ1) is 9.33. The molecule has 0 aliphatic carbocycles. The fraction of sp³-hybridized carbons (Fsp3) is 0.333. The third-order valence-electron chi connectivity index (χ3n) is 1.40. The van der Waals surface area contributed by atoms with Crippen LogP contribution in [0.25, 0.3) is 0 Å². The van der Waals surface area contributed by atoms with Gasteiger partial charge in [0.1, 0.15) is 11.9 Å². The van der Waals surface area contributed by atoms with Crippen LogP contribution in [0.4, 0.5) is 5.69 Å². The molecule has 13 heavy (non-hydrogen) atoms. The predicted molar refractivity (Wildman–Crippen MR) is 43.1 cm³/mol. The van der Waals surface area contributed by atoms with Gasteiger partial charge in [0.25, 0.3) is 0 Å². The van der Waals surface area contributed by atoms with Crippen molar-refractivity contribution in [2.45, 2.75) is 6.54 Å². The number of methoxy groups -OCH3 is 1. The Morgan fingerprint density at radius 1 is 1.77 bits per heavy atom. The summed E-state index contributed by atoms with van der Waals surface area (Å²) in [6, 6.07) is 0.0750. The molecule has 0 atom stereocenters. The molecule has 0 bridgehead atoms. The summed E-state index contributed by atoms with van der Waals surface area (Å²) in [6.45, 7) is -0.0187. The van der Waals surface area contributed by atoms with Gasteiger partial charge in [-0.2, -0.15) is 9.97 Å². The van der Waals surface area contributed by atoms with E-state index in [1.807, 2.05) is 0 Å². The van der Waals surface area contributed by atoms with Crippen LogP contribution < -0.4 is 10.5 Å². The molecule has 7 nitrogen and oxygen atoms in total. The predicted octanol–water partition coefficient (Wildman–Crippen LogP) is -0.148. The van der Waals surface area contributed by atoms with E-state index in [9.17, 15) is 10.1 Å². The summed E-state index contributed by atoms with van der Waals surface area (Å²) >= 11 is 0. The van der Waals surface area contributed by atoms with Crippen molar-refractivity contribution >= 4 is 5.69 Å². The molecule has 0 saturated carbocycles. The molecule has 2 N–H and O–H groups in total. The first-order chi connectivity index (χ1) is 6.19. The van der Waals surface area contributed by atoms with E-state index < -0.39 is 4.92 Å². The number of hydrogen-bond acceptors (Lipinski definition) is 6. The van der Waals surface area contributed by atoms with Crippen molar-refractivity contribution in [3.8, 4) is 6.01 Å². The summed E-state index contributed by atoms with van der Waals surface area (Å²) in [6.07, 6.45) is 1.08. The number of ether oxygens (including phenoxy) is 1. The number of rotatable bonds is 3. The van der Waals surface area contributed by atoms with Crippen LogP contribution in [-0.4, -0.2) is 22.0 Å².